The Balaban J connectivity index is 2.06. The van der Waals surface area contributed by atoms with E-state index < -0.39 is 0 Å². The average molecular weight is 308 g/mol. The molecule has 23 heavy (non-hydrogen) atoms. The highest BCUT2D eigenvalue weighted by Crippen LogP contribution is 2.16. The van der Waals surface area contributed by atoms with Gasteiger partial charge in [0, 0.05) is 12.0 Å². The van der Waals surface area contributed by atoms with E-state index in [-0.39, 0.29) is 11.9 Å². The van der Waals surface area contributed by atoms with E-state index in [2.05, 4.69) is 9.73 Å². The summed E-state index contributed by atoms with van der Waals surface area (Å²) in [5.74, 6) is 0.581. The molecule has 0 aliphatic carbocycles. The fraction of sp³-hybridized carbons (Fsp3) is 0.167. The number of rotatable bonds is 5. The lowest BCUT2D eigenvalue weighted by Crippen LogP contribution is -2.10. The predicted molar refractivity (Wildman–Crippen MR) is 86.0 cm³/mol. The molecular formula is C18H16N2O3. The smallest absolute Gasteiger partial charge is 0.305 e. The van der Waals surface area contributed by atoms with Crippen LogP contribution in [0.3, 0.4) is 0 Å². The second-order valence-corrected chi connectivity index (χ2v) is 4.71. The Labute approximate surface area is 134 Å². The van der Waals surface area contributed by atoms with Gasteiger partial charge in [0.2, 0.25) is 12.1 Å². The molecule has 0 bridgehead atoms. The summed E-state index contributed by atoms with van der Waals surface area (Å²) in [5.41, 5.74) is 1.73. The van der Waals surface area contributed by atoms with Crippen molar-refractivity contribution in [3.8, 4) is 11.9 Å². The molecule has 0 amide bonds. The van der Waals surface area contributed by atoms with E-state index in [0.29, 0.717) is 18.6 Å². The molecule has 0 unspecified atom stereocenters. The summed E-state index contributed by atoms with van der Waals surface area (Å²) in [5, 5.41) is 8.80. The van der Waals surface area contributed by atoms with Crippen molar-refractivity contribution < 1.29 is 14.3 Å². The van der Waals surface area contributed by atoms with Crippen LogP contribution in [-0.2, 0) is 16.0 Å². The Morgan fingerprint density at radius 1 is 1.13 bits per heavy atom. The van der Waals surface area contributed by atoms with E-state index >= 15 is 0 Å². The van der Waals surface area contributed by atoms with Gasteiger partial charge in [-0.25, -0.2) is 0 Å². The third-order valence-corrected chi connectivity index (χ3v) is 3.16. The summed E-state index contributed by atoms with van der Waals surface area (Å²) in [6, 6.07) is 16.5. The van der Waals surface area contributed by atoms with Crippen LogP contribution in [0, 0.1) is 11.5 Å². The SMILES string of the molecule is COC(=O)CCc1ccc(OC(=NC#N)c2ccccc2)cc1. The minimum atomic E-state index is -0.238. The van der Waals surface area contributed by atoms with Crippen molar-refractivity contribution >= 4 is 11.9 Å². The van der Waals surface area contributed by atoms with Crippen molar-refractivity contribution in [1.29, 1.82) is 5.26 Å². The van der Waals surface area contributed by atoms with E-state index in [1.54, 1.807) is 18.3 Å². The van der Waals surface area contributed by atoms with Crippen LogP contribution in [0.25, 0.3) is 0 Å². The highest BCUT2D eigenvalue weighted by atomic mass is 16.5. The lowest BCUT2D eigenvalue weighted by atomic mass is 10.1. The lowest BCUT2D eigenvalue weighted by molar-refractivity contribution is -0.140. The molecule has 0 fully saturated rings. The maximum atomic E-state index is 11.1. The monoisotopic (exact) mass is 308 g/mol. The molecule has 0 saturated carbocycles. The maximum absolute atomic E-state index is 11.1. The van der Waals surface area contributed by atoms with E-state index in [9.17, 15) is 4.79 Å². The first-order valence-corrected chi connectivity index (χ1v) is 7.08. The number of hydrogen-bond donors (Lipinski definition) is 0. The van der Waals surface area contributed by atoms with Crippen molar-refractivity contribution in [2.45, 2.75) is 12.8 Å². The Hall–Kier alpha value is -3.13. The Bertz CT molecular complexity index is 716. The number of carbonyl (C=O) groups is 1. The molecule has 5 nitrogen and oxygen atoms in total. The summed E-state index contributed by atoms with van der Waals surface area (Å²) in [6.07, 6.45) is 2.69. The summed E-state index contributed by atoms with van der Waals surface area (Å²) in [7, 11) is 1.37. The third kappa shape index (κ3) is 4.97. The first kappa shape index (κ1) is 16.2. The van der Waals surface area contributed by atoms with Crippen LogP contribution in [-0.4, -0.2) is 19.0 Å². The second-order valence-electron chi connectivity index (χ2n) is 4.71. The fourth-order valence-corrected chi connectivity index (χ4v) is 1.96. The van der Waals surface area contributed by atoms with Gasteiger partial charge < -0.3 is 9.47 Å². The molecule has 0 saturated heterocycles. The molecule has 0 heterocycles. The molecule has 0 atom stereocenters. The first-order chi connectivity index (χ1) is 11.2. The van der Waals surface area contributed by atoms with Gasteiger partial charge in [0.25, 0.3) is 0 Å². The van der Waals surface area contributed by atoms with Gasteiger partial charge in [-0.05, 0) is 36.2 Å². The summed E-state index contributed by atoms with van der Waals surface area (Å²) >= 11 is 0. The van der Waals surface area contributed by atoms with Gasteiger partial charge in [0.15, 0.2) is 0 Å². The van der Waals surface area contributed by atoms with Crippen LogP contribution in [0.15, 0.2) is 59.6 Å². The molecule has 2 aromatic rings. The van der Waals surface area contributed by atoms with Gasteiger partial charge in [-0.15, -0.1) is 4.99 Å². The third-order valence-electron chi connectivity index (χ3n) is 3.16. The summed E-state index contributed by atoms with van der Waals surface area (Å²) in [4.78, 5) is 14.9. The number of benzene rings is 2. The number of nitriles is 1. The summed E-state index contributed by atoms with van der Waals surface area (Å²) in [6.45, 7) is 0. The number of hydrogen-bond acceptors (Lipinski definition) is 5. The maximum Gasteiger partial charge on any atom is 0.305 e. The molecule has 0 aromatic heterocycles. The van der Waals surface area contributed by atoms with E-state index in [1.165, 1.54) is 7.11 Å². The number of nitrogens with zero attached hydrogens (tertiary/aromatic N) is 2. The zero-order valence-corrected chi connectivity index (χ0v) is 12.7. The molecule has 2 rings (SSSR count). The van der Waals surface area contributed by atoms with Crippen LogP contribution in [0.4, 0.5) is 0 Å². The largest absolute Gasteiger partial charge is 0.469 e. The average Bonchev–Trinajstić information content (AvgIpc) is 2.61. The van der Waals surface area contributed by atoms with Crippen molar-refractivity contribution in [2.24, 2.45) is 4.99 Å². The van der Waals surface area contributed by atoms with Gasteiger partial charge in [0.1, 0.15) is 5.75 Å². The Kier molecular flexibility index (Phi) is 5.89. The molecule has 116 valence electrons. The fourth-order valence-electron chi connectivity index (χ4n) is 1.96. The van der Waals surface area contributed by atoms with Crippen LogP contribution < -0.4 is 4.74 Å². The van der Waals surface area contributed by atoms with Crippen LogP contribution in [0.5, 0.6) is 5.75 Å². The summed E-state index contributed by atoms with van der Waals surface area (Å²) < 4.78 is 10.3. The molecule has 0 radical (unpaired) electrons. The van der Waals surface area contributed by atoms with Crippen molar-refractivity contribution in [1.82, 2.24) is 0 Å². The minimum Gasteiger partial charge on any atom is -0.469 e. The van der Waals surface area contributed by atoms with E-state index in [0.717, 1.165) is 11.1 Å². The van der Waals surface area contributed by atoms with Gasteiger partial charge in [-0.1, -0.05) is 30.3 Å². The first-order valence-electron chi connectivity index (χ1n) is 7.08. The molecule has 0 aliphatic heterocycles. The van der Waals surface area contributed by atoms with Crippen LogP contribution in [0.1, 0.15) is 17.5 Å². The number of aryl methyl sites for hydroxylation is 1. The van der Waals surface area contributed by atoms with Gasteiger partial charge in [-0.2, -0.15) is 5.26 Å². The van der Waals surface area contributed by atoms with E-state index in [4.69, 9.17) is 10.00 Å². The van der Waals surface area contributed by atoms with Crippen LogP contribution >= 0.6 is 0 Å². The quantitative estimate of drug-likeness (QED) is 0.368. The van der Waals surface area contributed by atoms with Gasteiger partial charge in [-0.3, -0.25) is 4.79 Å². The number of aliphatic imine (C=N–C) groups is 1. The zero-order chi connectivity index (χ0) is 16.5. The standard InChI is InChI=1S/C18H16N2O3/c1-22-17(21)12-9-14-7-10-16(11-8-14)23-18(20-13-19)15-5-3-2-4-6-15/h2-8,10-11H,9,12H2,1H3. The van der Waals surface area contributed by atoms with Gasteiger partial charge in [0.05, 0.1) is 7.11 Å². The lowest BCUT2D eigenvalue weighted by Gasteiger charge is -2.08. The van der Waals surface area contributed by atoms with Crippen LogP contribution in [0.2, 0.25) is 0 Å². The molecule has 5 heteroatoms. The van der Waals surface area contributed by atoms with Gasteiger partial charge >= 0.3 is 5.97 Å². The van der Waals surface area contributed by atoms with Crippen molar-refractivity contribution in [3.05, 3.63) is 65.7 Å². The van der Waals surface area contributed by atoms with Crippen molar-refractivity contribution in [2.75, 3.05) is 7.11 Å². The zero-order valence-electron chi connectivity index (χ0n) is 12.7. The molecule has 0 spiro atoms. The minimum absolute atomic E-state index is 0.238. The number of esters is 1. The number of carbonyl (C=O) groups excluding carboxylic acids is 1. The molecular weight excluding hydrogens is 292 g/mol. The predicted octanol–water partition coefficient (Wildman–Crippen LogP) is 3.10. The number of methoxy groups -OCH3 is 1. The topological polar surface area (TPSA) is 71.7 Å². The Morgan fingerprint density at radius 2 is 1.83 bits per heavy atom. The number of ether oxygens (including phenoxy) is 2. The molecule has 0 aliphatic rings. The molecule has 2 aromatic carbocycles. The normalized spacial score (nSPS) is 10.7. The molecule has 0 N–H and O–H groups in total. The van der Waals surface area contributed by atoms with E-state index in [1.807, 2.05) is 42.5 Å². The van der Waals surface area contributed by atoms with Crippen molar-refractivity contribution in [3.63, 3.8) is 0 Å². The second kappa shape index (κ2) is 8.35. The highest BCUT2D eigenvalue weighted by molar-refractivity contribution is 5.96. The Morgan fingerprint density at radius 3 is 2.43 bits per heavy atom. The highest BCUT2D eigenvalue weighted by Gasteiger charge is 2.07.